The molecule has 0 spiro atoms. The molecule has 0 saturated carbocycles. The average molecular weight is 459 g/mol. The van der Waals surface area contributed by atoms with E-state index in [4.69, 9.17) is 23.2 Å². The van der Waals surface area contributed by atoms with Gasteiger partial charge in [-0.15, -0.1) is 0 Å². The number of sulfonamides is 1. The molecule has 0 aliphatic rings. The number of hydrogen-bond acceptors (Lipinski definition) is 6. The molecular formula is C18H20Cl2N4O4S. The van der Waals surface area contributed by atoms with Gasteiger partial charge < -0.3 is 0 Å². The molecule has 8 nitrogen and oxygen atoms in total. The average Bonchev–Trinajstić information content (AvgIpc) is 2.68. The molecule has 0 bridgehead atoms. The van der Waals surface area contributed by atoms with Crippen molar-refractivity contribution in [3.05, 3.63) is 62.1 Å². The Morgan fingerprint density at radius 3 is 2.41 bits per heavy atom. The van der Waals surface area contributed by atoms with Gasteiger partial charge in [0.1, 0.15) is 5.69 Å². The summed E-state index contributed by atoms with van der Waals surface area (Å²) in [5, 5.41) is 16.5. The van der Waals surface area contributed by atoms with Gasteiger partial charge in [-0.25, -0.2) is 8.42 Å². The highest BCUT2D eigenvalue weighted by Crippen LogP contribution is 2.29. The number of nitro benzene ring substituents is 1. The van der Waals surface area contributed by atoms with Crippen molar-refractivity contribution >= 4 is 50.3 Å². The summed E-state index contributed by atoms with van der Waals surface area (Å²) < 4.78 is 26.5. The summed E-state index contributed by atoms with van der Waals surface area (Å²) in [7, 11) is -3.83. The Hall–Kier alpha value is -2.20. The van der Waals surface area contributed by atoms with Crippen LogP contribution < -0.4 is 5.43 Å². The Kier molecular flexibility index (Phi) is 7.59. The second-order valence-electron chi connectivity index (χ2n) is 5.96. The molecule has 0 atom stereocenters. The first-order valence-corrected chi connectivity index (χ1v) is 10.9. The zero-order valence-corrected chi connectivity index (χ0v) is 18.3. The van der Waals surface area contributed by atoms with Crippen LogP contribution in [-0.4, -0.2) is 36.4 Å². The molecule has 11 heteroatoms. The van der Waals surface area contributed by atoms with Crippen molar-refractivity contribution in [2.24, 2.45) is 5.10 Å². The van der Waals surface area contributed by atoms with Crippen LogP contribution in [0.1, 0.15) is 26.3 Å². The predicted octanol–water partition coefficient (Wildman–Crippen LogP) is 4.77. The van der Waals surface area contributed by atoms with E-state index >= 15 is 0 Å². The number of hydrazone groups is 1. The highest BCUT2D eigenvalue weighted by molar-refractivity contribution is 7.89. The fourth-order valence-electron chi connectivity index (χ4n) is 2.61. The van der Waals surface area contributed by atoms with Crippen molar-refractivity contribution < 1.29 is 13.3 Å². The number of nitro groups is 1. The Balaban J connectivity index is 2.42. The maximum absolute atomic E-state index is 12.6. The van der Waals surface area contributed by atoms with E-state index < -0.39 is 20.6 Å². The van der Waals surface area contributed by atoms with Crippen LogP contribution in [-0.2, 0) is 10.0 Å². The number of rotatable bonds is 8. The van der Waals surface area contributed by atoms with Crippen LogP contribution >= 0.6 is 23.2 Å². The van der Waals surface area contributed by atoms with E-state index in [0.717, 1.165) is 6.07 Å². The van der Waals surface area contributed by atoms with Gasteiger partial charge in [-0.1, -0.05) is 37.0 Å². The highest BCUT2D eigenvalue weighted by atomic mass is 35.5. The number of benzene rings is 2. The number of anilines is 1. The molecule has 0 aliphatic heterocycles. The van der Waals surface area contributed by atoms with E-state index in [0.29, 0.717) is 21.3 Å². The molecule has 0 amide bonds. The normalized spacial score (nSPS) is 12.3. The molecule has 1 N–H and O–H groups in total. The van der Waals surface area contributed by atoms with E-state index in [2.05, 4.69) is 10.5 Å². The van der Waals surface area contributed by atoms with Gasteiger partial charge in [0.15, 0.2) is 0 Å². The minimum Gasteiger partial charge on any atom is -0.271 e. The quantitative estimate of drug-likeness (QED) is 0.348. The second-order valence-corrected chi connectivity index (χ2v) is 8.74. The van der Waals surface area contributed by atoms with Crippen LogP contribution in [0.3, 0.4) is 0 Å². The van der Waals surface area contributed by atoms with Gasteiger partial charge in [0.2, 0.25) is 10.0 Å². The molecule has 0 radical (unpaired) electrons. The monoisotopic (exact) mass is 458 g/mol. The standard InChI is InChI=1S/C18H20Cl2N4O4S/c1-4-23(5-2)29(27,28)14-7-9-17(18(11-14)24(25)26)22-21-12(3)15-10-13(19)6-8-16(15)20/h6-11,22H,4-5H2,1-3H3/b21-12-. The van der Waals surface area contributed by atoms with Gasteiger partial charge in [-0.05, 0) is 37.3 Å². The van der Waals surface area contributed by atoms with Crippen LogP contribution in [0.2, 0.25) is 10.0 Å². The van der Waals surface area contributed by atoms with Gasteiger partial charge in [0.05, 0.1) is 15.5 Å². The van der Waals surface area contributed by atoms with Crippen molar-refractivity contribution in [1.82, 2.24) is 4.31 Å². The molecular weight excluding hydrogens is 439 g/mol. The smallest absolute Gasteiger partial charge is 0.271 e. The summed E-state index contributed by atoms with van der Waals surface area (Å²) in [4.78, 5) is 10.7. The molecule has 2 rings (SSSR count). The molecule has 0 unspecified atom stereocenters. The Labute approximate surface area is 179 Å². The summed E-state index contributed by atoms with van der Waals surface area (Å²) in [5.74, 6) is 0. The number of hydrogen-bond donors (Lipinski definition) is 1. The summed E-state index contributed by atoms with van der Waals surface area (Å²) in [6.07, 6.45) is 0. The Morgan fingerprint density at radius 2 is 1.83 bits per heavy atom. The van der Waals surface area contributed by atoms with Crippen molar-refractivity contribution in [2.45, 2.75) is 25.7 Å². The lowest BCUT2D eigenvalue weighted by atomic mass is 10.1. The molecule has 0 saturated heterocycles. The summed E-state index contributed by atoms with van der Waals surface area (Å²) in [6, 6.07) is 8.51. The van der Waals surface area contributed by atoms with E-state index in [9.17, 15) is 18.5 Å². The third-order valence-electron chi connectivity index (χ3n) is 4.17. The molecule has 29 heavy (non-hydrogen) atoms. The van der Waals surface area contributed by atoms with Gasteiger partial charge in [-0.2, -0.15) is 9.41 Å². The van der Waals surface area contributed by atoms with E-state index in [1.54, 1.807) is 39.0 Å². The minimum absolute atomic E-state index is 0.0472. The lowest BCUT2D eigenvalue weighted by Crippen LogP contribution is -2.30. The first-order valence-electron chi connectivity index (χ1n) is 8.66. The summed E-state index contributed by atoms with van der Waals surface area (Å²) in [6.45, 7) is 5.58. The molecule has 0 aromatic heterocycles. The predicted molar refractivity (Wildman–Crippen MR) is 115 cm³/mol. The van der Waals surface area contributed by atoms with Crippen LogP contribution in [0.25, 0.3) is 0 Å². The third-order valence-corrected chi connectivity index (χ3v) is 6.78. The van der Waals surface area contributed by atoms with Gasteiger partial charge in [0, 0.05) is 34.8 Å². The molecule has 2 aromatic rings. The molecule has 0 fully saturated rings. The SMILES string of the molecule is CCN(CC)S(=O)(=O)c1ccc(N/N=C(/C)c2cc(Cl)ccc2Cl)c([N+](=O)[O-])c1. The largest absolute Gasteiger partial charge is 0.295 e. The fraction of sp³-hybridized carbons (Fsp3) is 0.278. The molecule has 0 aliphatic carbocycles. The molecule has 156 valence electrons. The maximum atomic E-state index is 12.6. The molecule has 0 heterocycles. The van der Waals surface area contributed by atoms with Crippen molar-refractivity contribution in [3.63, 3.8) is 0 Å². The van der Waals surface area contributed by atoms with Gasteiger partial charge in [0.25, 0.3) is 5.69 Å². The van der Waals surface area contributed by atoms with Crippen LogP contribution in [0.15, 0.2) is 46.4 Å². The van der Waals surface area contributed by atoms with Crippen molar-refractivity contribution in [1.29, 1.82) is 0 Å². The Morgan fingerprint density at radius 1 is 1.17 bits per heavy atom. The van der Waals surface area contributed by atoms with Crippen LogP contribution in [0.4, 0.5) is 11.4 Å². The van der Waals surface area contributed by atoms with E-state index in [1.165, 1.54) is 16.4 Å². The Bertz CT molecular complexity index is 1050. The summed E-state index contributed by atoms with van der Waals surface area (Å²) in [5.41, 5.74) is 3.26. The van der Waals surface area contributed by atoms with Crippen molar-refractivity contribution in [3.8, 4) is 0 Å². The minimum atomic E-state index is -3.83. The zero-order chi connectivity index (χ0) is 21.8. The third kappa shape index (κ3) is 5.24. The zero-order valence-electron chi connectivity index (χ0n) is 16.0. The molecule has 2 aromatic carbocycles. The lowest BCUT2D eigenvalue weighted by molar-refractivity contribution is -0.384. The highest BCUT2D eigenvalue weighted by Gasteiger charge is 2.25. The van der Waals surface area contributed by atoms with E-state index in [1.807, 2.05) is 0 Å². The van der Waals surface area contributed by atoms with Gasteiger partial charge in [-0.3, -0.25) is 15.5 Å². The van der Waals surface area contributed by atoms with Crippen LogP contribution in [0.5, 0.6) is 0 Å². The number of halogens is 2. The van der Waals surface area contributed by atoms with Gasteiger partial charge >= 0.3 is 0 Å². The summed E-state index contributed by atoms with van der Waals surface area (Å²) >= 11 is 12.1. The maximum Gasteiger partial charge on any atom is 0.295 e. The van der Waals surface area contributed by atoms with E-state index in [-0.39, 0.29) is 23.7 Å². The number of nitrogens with zero attached hydrogens (tertiary/aromatic N) is 3. The second kappa shape index (κ2) is 9.53. The topological polar surface area (TPSA) is 105 Å². The van der Waals surface area contributed by atoms with Crippen molar-refractivity contribution in [2.75, 3.05) is 18.5 Å². The lowest BCUT2D eigenvalue weighted by Gasteiger charge is -2.18. The number of nitrogens with one attached hydrogen (secondary N) is 1. The fourth-order valence-corrected chi connectivity index (χ4v) is 4.51. The first-order chi connectivity index (χ1) is 13.6. The van der Waals surface area contributed by atoms with Crippen LogP contribution in [0, 0.1) is 10.1 Å². The first kappa shape index (κ1) is 23.1.